The smallest absolute Gasteiger partial charge is 0.325 e. The van der Waals surface area contributed by atoms with Crippen molar-refractivity contribution in [3.8, 4) is 11.5 Å². The van der Waals surface area contributed by atoms with Crippen LogP contribution in [0, 0.1) is 11.6 Å². The van der Waals surface area contributed by atoms with Gasteiger partial charge in [-0.1, -0.05) is 6.07 Å². The monoisotopic (exact) mass is 405 g/mol. The molecule has 1 fully saturated rings. The van der Waals surface area contributed by atoms with Crippen LogP contribution in [0.1, 0.15) is 5.56 Å². The maximum atomic E-state index is 13.6. The van der Waals surface area contributed by atoms with E-state index in [0.29, 0.717) is 30.3 Å². The lowest BCUT2D eigenvalue weighted by atomic mass is 10.2. The van der Waals surface area contributed by atoms with Crippen molar-refractivity contribution in [3.63, 3.8) is 0 Å². The molecule has 2 aromatic carbocycles. The number of amides is 3. The Labute approximate surface area is 166 Å². The van der Waals surface area contributed by atoms with Gasteiger partial charge in [0.15, 0.2) is 11.5 Å². The highest BCUT2D eigenvalue weighted by atomic mass is 19.1. The SMILES string of the molecule is COc1ccc(N2CCN(CC(=O)NCc3ccc(F)cc3F)C2=O)cc1OC. The van der Waals surface area contributed by atoms with E-state index in [1.807, 2.05) is 0 Å². The summed E-state index contributed by atoms with van der Waals surface area (Å²) in [4.78, 5) is 27.8. The number of anilines is 1. The molecule has 2 aromatic rings. The van der Waals surface area contributed by atoms with E-state index in [-0.39, 0.29) is 24.7 Å². The van der Waals surface area contributed by atoms with Crippen molar-refractivity contribution in [3.05, 3.63) is 53.6 Å². The number of hydrogen-bond acceptors (Lipinski definition) is 4. The quantitative estimate of drug-likeness (QED) is 0.769. The third-order valence-electron chi connectivity index (χ3n) is 4.60. The van der Waals surface area contributed by atoms with Crippen LogP contribution in [0.4, 0.5) is 19.3 Å². The second-order valence-electron chi connectivity index (χ2n) is 6.41. The van der Waals surface area contributed by atoms with E-state index >= 15 is 0 Å². The number of ether oxygens (including phenoxy) is 2. The van der Waals surface area contributed by atoms with Crippen molar-refractivity contribution >= 4 is 17.6 Å². The van der Waals surface area contributed by atoms with Gasteiger partial charge in [0.2, 0.25) is 5.91 Å². The summed E-state index contributed by atoms with van der Waals surface area (Å²) in [5, 5.41) is 2.54. The number of halogens is 2. The molecule has 1 N–H and O–H groups in total. The van der Waals surface area contributed by atoms with Gasteiger partial charge < -0.3 is 19.7 Å². The molecule has 3 rings (SSSR count). The molecule has 154 valence electrons. The van der Waals surface area contributed by atoms with E-state index in [4.69, 9.17) is 9.47 Å². The van der Waals surface area contributed by atoms with Crippen LogP contribution >= 0.6 is 0 Å². The predicted octanol–water partition coefficient (Wildman–Crippen LogP) is 2.54. The summed E-state index contributed by atoms with van der Waals surface area (Å²) < 4.78 is 37.0. The van der Waals surface area contributed by atoms with Crippen LogP contribution in [0.3, 0.4) is 0 Å². The molecule has 7 nitrogen and oxygen atoms in total. The number of benzene rings is 2. The predicted molar refractivity (Wildman–Crippen MR) is 102 cm³/mol. The third-order valence-corrected chi connectivity index (χ3v) is 4.60. The Hall–Kier alpha value is -3.36. The highest BCUT2D eigenvalue weighted by Gasteiger charge is 2.31. The summed E-state index contributed by atoms with van der Waals surface area (Å²) in [6.07, 6.45) is 0. The molecule has 9 heteroatoms. The maximum Gasteiger partial charge on any atom is 0.325 e. The maximum absolute atomic E-state index is 13.6. The van der Waals surface area contributed by atoms with Crippen molar-refractivity contribution in [1.82, 2.24) is 10.2 Å². The number of methoxy groups -OCH3 is 2. The van der Waals surface area contributed by atoms with Crippen LogP contribution in [-0.2, 0) is 11.3 Å². The van der Waals surface area contributed by atoms with Crippen molar-refractivity contribution < 1.29 is 27.8 Å². The molecule has 0 spiro atoms. The van der Waals surface area contributed by atoms with Crippen LogP contribution in [0.2, 0.25) is 0 Å². The van der Waals surface area contributed by atoms with Crippen LogP contribution < -0.4 is 19.7 Å². The molecular weight excluding hydrogens is 384 g/mol. The lowest BCUT2D eigenvalue weighted by Gasteiger charge is -2.19. The molecular formula is C20H21F2N3O4. The normalized spacial score (nSPS) is 13.6. The van der Waals surface area contributed by atoms with E-state index in [2.05, 4.69) is 5.32 Å². The lowest BCUT2D eigenvalue weighted by molar-refractivity contribution is -0.121. The van der Waals surface area contributed by atoms with Crippen LogP contribution in [-0.4, -0.2) is 50.7 Å². The minimum atomic E-state index is -0.734. The fraction of sp³-hybridized carbons (Fsp3) is 0.300. The summed E-state index contributed by atoms with van der Waals surface area (Å²) in [7, 11) is 3.03. The van der Waals surface area contributed by atoms with Gasteiger partial charge in [-0.15, -0.1) is 0 Å². The van der Waals surface area contributed by atoms with Gasteiger partial charge in [0.05, 0.1) is 14.2 Å². The highest BCUT2D eigenvalue weighted by Crippen LogP contribution is 2.32. The van der Waals surface area contributed by atoms with E-state index in [9.17, 15) is 18.4 Å². The van der Waals surface area contributed by atoms with Crippen molar-refractivity contribution in [1.29, 1.82) is 0 Å². The molecule has 0 saturated carbocycles. The van der Waals surface area contributed by atoms with Gasteiger partial charge in [0, 0.05) is 43.0 Å². The van der Waals surface area contributed by atoms with E-state index in [1.165, 1.54) is 30.1 Å². The van der Waals surface area contributed by atoms with Gasteiger partial charge in [-0.25, -0.2) is 13.6 Å². The Morgan fingerprint density at radius 3 is 2.52 bits per heavy atom. The second kappa shape index (κ2) is 8.76. The zero-order valence-corrected chi connectivity index (χ0v) is 16.1. The van der Waals surface area contributed by atoms with E-state index in [0.717, 1.165) is 12.1 Å². The van der Waals surface area contributed by atoms with Crippen molar-refractivity contribution in [2.75, 3.05) is 38.8 Å². The number of hydrogen-bond donors (Lipinski definition) is 1. The number of nitrogens with one attached hydrogen (secondary N) is 1. The van der Waals surface area contributed by atoms with Crippen LogP contribution in [0.25, 0.3) is 0 Å². The fourth-order valence-corrected chi connectivity index (χ4v) is 3.05. The molecule has 29 heavy (non-hydrogen) atoms. The average molecular weight is 405 g/mol. The first-order valence-corrected chi connectivity index (χ1v) is 8.92. The Kier molecular flexibility index (Phi) is 6.16. The van der Waals surface area contributed by atoms with Gasteiger partial charge in [-0.05, 0) is 18.2 Å². The standard InChI is InChI=1S/C20H21F2N3O4/c1-28-17-6-5-15(10-18(17)29-2)25-8-7-24(20(25)27)12-19(26)23-11-13-3-4-14(21)9-16(13)22/h3-6,9-10H,7-8,11-12H2,1-2H3,(H,23,26). The molecule has 1 saturated heterocycles. The van der Waals surface area contributed by atoms with E-state index < -0.39 is 17.5 Å². The molecule has 1 heterocycles. The number of rotatable bonds is 7. The Morgan fingerprint density at radius 1 is 1.07 bits per heavy atom. The fourth-order valence-electron chi connectivity index (χ4n) is 3.05. The summed E-state index contributed by atoms with van der Waals surface area (Å²) in [5.41, 5.74) is 0.795. The molecule has 1 aliphatic rings. The molecule has 0 atom stereocenters. The number of urea groups is 1. The van der Waals surface area contributed by atoms with E-state index in [1.54, 1.807) is 18.2 Å². The first-order chi connectivity index (χ1) is 13.9. The van der Waals surface area contributed by atoms with Gasteiger partial charge in [0.1, 0.15) is 18.2 Å². The second-order valence-corrected chi connectivity index (χ2v) is 6.41. The van der Waals surface area contributed by atoms with Gasteiger partial charge >= 0.3 is 6.03 Å². The summed E-state index contributed by atoms with van der Waals surface area (Å²) in [6, 6.07) is 7.96. The Balaban J connectivity index is 1.59. The lowest BCUT2D eigenvalue weighted by Crippen LogP contribution is -2.39. The molecule has 0 radical (unpaired) electrons. The summed E-state index contributed by atoms with van der Waals surface area (Å²) in [6.45, 7) is 0.525. The highest BCUT2D eigenvalue weighted by molar-refractivity contribution is 5.96. The number of nitrogens with zero attached hydrogens (tertiary/aromatic N) is 2. The molecule has 3 amide bonds. The third kappa shape index (κ3) is 4.56. The molecule has 0 aliphatic carbocycles. The average Bonchev–Trinajstić information content (AvgIpc) is 3.07. The number of carbonyl (C=O) groups excluding carboxylic acids is 2. The topological polar surface area (TPSA) is 71.1 Å². The summed E-state index contributed by atoms with van der Waals surface area (Å²) >= 11 is 0. The number of carbonyl (C=O) groups is 2. The Bertz CT molecular complexity index is 923. The zero-order chi connectivity index (χ0) is 21.0. The zero-order valence-electron chi connectivity index (χ0n) is 16.1. The molecule has 0 unspecified atom stereocenters. The first kappa shape index (κ1) is 20.4. The van der Waals surface area contributed by atoms with Gasteiger partial charge in [-0.3, -0.25) is 9.69 Å². The van der Waals surface area contributed by atoms with Crippen molar-refractivity contribution in [2.45, 2.75) is 6.54 Å². The molecule has 0 aromatic heterocycles. The molecule has 1 aliphatic heterocycles. The molecule has 0 bridgehead atoms. The largest absolute Gasteiger partial charge is 0.493 e. The minimum Gasteiger partial charge on any atom is -0.493 e. The minimum absolute atomic E-state index is 0.0909. The van der Waals surface area contributed by atoms with Crippen LogP contribution in [0.5, 0.6) is 11.5 Å². The Morgan fingerprint density at radius 2 is 1.83 bits per heavy atom. The van der Waals surface area contributed by atoms with Gasteiger partial charge in [-0.2, -0.15) is 0 Å². The van der Waals surface area contributed by atoms with Crippen LogP contribution in [0.15, 0.2) is 36.4 Å². The van der Waals surface area contributed by atoms with Gasteiger partial charge in [0.25, 0.3) is 0 Å². The summed E-state index contributed by atoms with van der Waals surface area (Å²) in [5.74, 6) is -0.809. The first-order valence-electron chi connectivity index (χ1n) is 8.92. The van der Waals surface area contributed by atoms with Crippen molar-refractivity contribution in [2.24, 2.45) is 0 Å².